The second kappa shape index (κ2) is 6.95. The van der Waals surface area contributed by atoms with Crippen LogP contribution in [0.4, 0.5) is 0 Å². The van der Waals surface area contributed by atoms with Crippen LogP contribution in [0, 0.1) is 0 Å². The Balaban J connectivity index is 1.72. The fourth-order valence-electron chi connectivity index (χ4n) is 2.22. The van der Waals surface area contributed by atoms with Crippen LogP contribution < -0.4 is 10.1 Å². The zero-order valence-electron chi connectivity index (χ0n) is 13.4. The Morgan fingerprint density at radius 3 is 2.71 bits per heavy atom. The van der Waals surface area contributed by atoms with Crippen LogP contribution in [0.1, 0.15) is 29.2 Å². The molecule has 122 valence electrons. The van der Waals surface area contributed by atoms with Crippen LogP contribution in [0.15, 0.2) is 59.1 Å². The number of carbonyl (C=O) groups is 1. The molecule has 2 aromatic carbocycles. The highest BCUT2D eigenvalue weighted by atomic mass is 16.5. The third-order valence-electron chi connectivity index (χ3n) is 3.52. The molecule has 0 aliphatic heterocycles. The largest absolute Gasteiger partial charge is 0.497 e. The van der Waals surface area contributed by atoms with E-state index in [0.717, 1.165) is 5.56 Å². The maximum absolute atomic E-state index is 12.3. The number of nitrogens with one attached hydrogen (secondary N) is 1. The van der Waals surface area contributed by atoms with E-state index >= 15 is 0 Å². The van der Waals surface area contributed by atoms with Crippen molar-refractivity contribution in [1.29, 1.82) is 0 Å². The number of ether oxygens (including phenoxy) is 1. The number of aromatic nitrogens is 2. The maximum atomic E-state index is 12.3. The van der Waals surface area contributed by atoms with Gasteiger partial charge in [0.2, 0.25) is 11.7 Å². The first-order valence-electron chi connectivity index (χ1n) is 7.51. The molecule has 1 heterocycles. The van der Waals surface area contributed by atoms with Crippen molar-refractivity contribution in [3.05, 3.63) is 66.1 Å². The summed E-state index contributed by atoms with van der Waals surface area (Å²) < 4.78 is 10.4. The molecule has 3 rings (SSSR count). The van der Waals surface area contributed by atoms with Crippen molar-refractivity contribution >= 4 is 5.91 Å². The topological polar surface area (TPSA) is 77.2 Å². The van der Waals surface area contributed by atoms with Gasteiger partial charge in [0.05, 0.1) is 7.11 Å². The molecule has 0 aliphatic rings. The fourth-order valence-corrected chi connectivity index (χ4v) is 2.22. The summed E-state index contributed by atoms with van der Waals surface area (Å²) in [5.41, 5.74) is 1.36. The molecule has 24 heavy (non-hydrogen) atoms. The summed E-state index contributed by atoms with van der Waals surface area (Å²) in [4.78, 5) is 16.7. The van der Waals surface area contributed by atoms with Crippen molar-refractivity contribution in [2.75, 3.05) is 7.11 Å². The molecule has 3 aromatic rings. The molecule has 0 fully saturated rings. The predicted molar refractivity (Wildman–Crippen MR) is 88.6 cm³/mol. The Hall–Kier alpha value is -3.15. The molecule has 1 amide bonds. The zero-order chi connectivity index (χ0) is 16.9. The monoisotopic (exact) mass is 323 g/mol. The van der Waals surface area contributed by atoms with Gasteiger partial charge in [-0.15, -0.1) is 0 Å². The van der Waals surface area contributed by atoms with E-state index in [1.165, 1.54) is 0 Å². The fraction of sp³-hybridized carbons (Fsp3) is 0.167. The number of benzene rings is 2. The molecule has 0 saturated heterocycles. The van der Waals surface area contributed by atoms with Crippen LogP contribution >= 0.6 is 0 Å². The summed E-state index contributed by atoms with van der Waals surface area (Å²) in [6.45, 7) is 1.79. The van der Waals surface area contributed by atoms with E-state index in [1.54, 1.807) is 38.3 Å². The van der Waals surface area contributed by atoms with E-state index in [4.69, 9.17) is 9.26 Å². The van der Waals surface area contributed by atoms with Gasteiger partial charge in [-0.1, -0.05) is 41.6 Å². The Kier molecular flexibility index (Phi) is 4.56. The van der Waals surface area contributed by atoms with Crippen molar-refractivity contribution in [3.63, 3.8) is 0 Å². The highest BCUT2D eigenvalue weighted by Gasteiger charge is 2.18. The number of rotatable bonds is 5. The molecule has 0 saturated carbocycles. The minimum Gasteiger partial charge on any atom is -0.497 e. The Morgan fingerprint density at radius 1 is 1.17 bits per heavy atom. The number of methoxy groups -OCH3 is 1. The van der Waals surface area contributed by atoms with Gasteiger partial charge in [0.1, 0.15) is 11.8 Å². The van der Waals surface area contributed by atoms with Crippen LogP contribution in [0.2, 0.25) is 0 Å². The molecule has 0 spiro atoms. The average Bonchev–Trinajstić information content (AvgIpc) is 3.13. The van der Waals surface area contributed by atoms with Crippen LogP contribution in [-0.4, -0.2) is 23.2 Å². The highest BCUT2D eigenvalue weighted by Crippen LogP contribution is 2.19. The van der Waals surface area contributed by atoms with Crippen molar-refractivity contribution in [3.8, 4) is 17.1 Å². The van der Waals surface area contributed by atoms with Gasteiger partial charge in [0.15, 0.2) is 0 Å². The second-order valence-corrected chi connectivity index (χ2v) is 5.25. The van der Waals surface area contributed by atoms with E-state index in [-0.39, 0.29) is 5.91 Å². The second-order valence-electron chi connectivity index (χ2n) is 5.25. The highest BCUT2D eigenvalue weighted by molar-refractivity contribution is 5.94. The summed E-state index contributed by atoms with van der Waals surface area (Å²) in [6.07, 6.45) is 0. The van der Waals surface area contributed by atoms with Crippen LogP contribution in [-0.2, 0) is 0 Å². The molecule has 1 unspecified atom stereocenters. The van der Waals surface area contributed by atoms with E-state index in [0.29, 0.717) is 23.0 Å². The molecular formula is C18H17N3O3. The average molecular weight is 323 g/mol. The lowest BCUT2D eigenvalue weighted by Crippen LogP contribution is -2.26. The van der Waals surface area contributed by atoms with Gasteiger partial charge in [0.25, 0.3) is 5.91 Å². The SMILES string of the molecule is COc1cccc(C(=O)NC(C)c2nc(-c3ccccc3)no2)c1. The van der Waals surface area contributed by atoms with E-state index < -0.39 is 6.04 Å². The van der Waals surface area contributed by atoms with Crippen molar-refractivity contribution in [1.82, 2.24) is 15.5 Å². The lowest BCUT2D eigenvalue weighted by molar-refractivity contribution is 0.0932. The van der Waals surface area contributed by atoms with Gasteiger partial charge in [-0.05, 0) is 25.1 Å². The van der Waals surface area contributed by atoms with Gasteiger partial charge in [0, 0.05) is 11.1 Å². The third kappa shape index (κ3) is 3.43. The number of carbonyl (C=O) groups excluding carboxylic acids is 1. The Bertz CT molecular complexity index is 830. The molecule has 0 bridgehead atoms. The molecular weight excluding hydrogens is 306 g/mol. The van der Waals surface area contributed by atoms with Gasteiger partial charge < -0.3 is 14.6 Å². The smallest absolute Gasteiger partial charge is 0.252 e. The third-order valence-corrected chi connectivity index (χ3v) is 3.52. The first kappa shape index (κ1) is 15.7. The van der Waals surface area contributed by atoms with Gasteiger partial charge >= 0.3 is 0 Å². The predicted octanol–water partition coefficient (Wildman–Crippen LogP) is 3.24. The molecule has 1 N–H and O–H groups in total. The van der Waals surface area contributed by atoms with Crippen molar-refractivity contribution in [2.24, 2.45) is 0 Å². The van der Waals surface area contributed by atoms with Gasteiger partial charge in [-0.2, -0.15) is 4.98 Å². The van der Waals surface area contributed by atoms with Crippen molar-refractivity contribution in [2.45, 2.75) is 13.0 Å². The minimum absolute atomic E-state index is 0.235. The van der Waals surface area contributed by atoms with Crippen molar-refractivity contribution < 1.29 is 14.1 Å². The number of hydrogen-bond donors (Lipinski definition) is 1. The summed E-state index contributed by atoms with van der Waals surface area (Å²) >= 11 is 0. The van der Waals surface area contributed by atoms with Gasteiger partial charge in [-0.25, -0.2) is 0 Å². The maximum Gasteiger partial charge on any atom is 0.252 e. The lowest BCUT2D eigenvalue weighted by atomic mass is 10.2. The molecule has 1 aromatic heterocycles. The minimum atomic E-state index is -0.409. The van der Waals surface area contributed by atoms with E-state index in [2.05, 4.69) is 15.5 Å². The number of amides is 1. The molecule has 0 aliphatic carbocycles. The Morgan fingerprint density at radius 2 is 1.96 bits per heavy atom. The van der Waals surface area contributed by atoms with Crippen LogP contribution in [0.3, 0.4) is 0 Å². The quantitative estimate of drug-likeness (QED) is 0.780. The standard InChI is InChI=1S/C18H17N3O3/c1-12(19-17(22)14-9-6-10-15(11-14)23-2)18-20-16(21-24-18)13-7-4-3-5-8-13/h3-12H,1-2H3,(H,19,22). The summed E-state index contributed by atoms with van der Waals surface area (Å²) in [7, 11) is 1.56. The molecule has 6 nitrogen and oxygen atoms in total. The normalized spacial score (nSPS) is 11.8. The first-order chi connectivity index (χ1) is 11.7. The first-order valence-corrected chi connectivity index (χ1v) is 7.51. The summed E-state index contributed by atoms with van der Waals surface area (Å²) in [5.74, 6) is 1.23. The van der Waals surface area contributed by atoms with Crippen LogP contribution in [0.25, 0.3) is 11.4 Å². The van der Waals surface area contributed by atoms with Crippen LogP contribution in [0.5, 0.6) is 5.75 Å². The lowest BCUT2D eigenvalue weighted by Gasteiger charge is -2.10. The molecule has 1 atom stereocenters. The molecule has 0 radical (unpaired) electrons. The summed E-state index contributed by atoms with van der Waals surface area (Å²) in [6, 6.07) is 16.0. The Labute approximate surface area is 139 Å². The zero-order valence-corrected chi connectivity index (χ0v) is 13.4. The van der Waals surface area contributed by atoms with E-state index in [1.807, 2.05) is 30.3 Å². The van der Waals surface area contributed by atoms with E-state index in [9.17, 15) is 4.79 Å². The van der Waals surface area contributed by atoms with Gasteiger partial charge in [-0.3, -0.25) is 4.79 Å². The summed E-state index contributed by atoms with van der Waals surface area (Å²) in [5, 5.41) is 6.80. The number of hydrogen-bond acceptors (Lipinski definition) is 5. The molecule has 6 heteroatoms. The number of nitrogens with zero attached hydrogens (tertiary/aromatic N) is 2.